The first-order valence-electron chi connectivity index (χ1n) is 9.13. The van der Waals surface area contributed by atoms with Gasteiger partial charge in [-0.05, 0) is 31.9 Å². The van der Waals surface area contributed by atoms with Crippen molar-refractivity contribution in [1.82, 2.24) is 14.9 Å². The van der Waals surface area contributed by atoms with Crippen molar-refractivity contribution >= 4 is 34.3 Å². The summed E-state index contributed by atoms with van der Waals surface area (Å²) in [6.45, 7) is 7.38. The SMILES string of the molecule is C=C(CC)CC(=O)Nc1cccc2nc(C)n(C3CCC(=O)NC3=O)c(=O)c12. The number of aromatic nitrogens is 2. The maximum absolute atomic E-state index is 13.2. The van der Waals surface area contributed by atoms with Crippen LogP contribution in [0.15, 0.2) is 35.1 Å². The Morgan fingerprint density at radius 1 is 1.36 bits per heavy atom. The number of amides is 3. The minimum Gasteiger partial charge on any atom is -0.325 e. The Morgan fingerprint density at radius 2 is 2.11 bits per heavy atom. The zero-order chi connectivity index (χ0) is 20.4. The van der Waals surface area contributed by atoms with Crippen molar-refractivity contribution in [3.63, 3.8) is 0 Å². The number of rotatable bonds is 5. The summed E-state index contributed by atoms with van der Waals surface area (Å²) in [7, 11) is 0. The number of aryl methyl sites for hydroxylation is 1. The molecule has 2 aromatic rings. The average molecular weight is 382 g/mol. The number of carbonyl (C=O) groups is 3. The third-order valence-electron chi connectivity index (χ3n) is 4.81. The summed E-state index contributed by atoms with van der Waals surface area (Å²) in [5.74, 6) is -0.783. The lowest BCUT2D eigenvalue weighted by Gasteiger charge is -2.24. The van der Waals surface area contributed by atoms with Crippen LogP contribution < -0.4 is 16.2 Å². The number of carbonyl (C=O) groups excluding carboxylic acids is 3. The number of benzene rings is 1. The summed E-state index contributed by atoms with van der Waals surface area (Å²) in [6, 6.07) is 4.20. The van der Waals surface area contributed by atoms with Gasteiger partial charge in [-0.25, -0.2) is 4.98 Å². The fourth-order valence-corrected chi connectivity index (χ4v) is 3.30. The minimum absolute atomic E-state index is 0.151. The first kappa shape index (κ1) is 19.5. The molecule has 1 fully saturated rings. The number of hydrogen-bond acceptors (Lipinski definition) is 5. The molecule has 1 aliphatic rings. The lowest BCUT2D eigenvalue weighted by molar-refractivity contribution is -0.135. The van der Waals surface area contributed by atoms with E-state index >= 15 is 0 Å². The van der Waals surface area contributed by atoms with E-state index in [9.17, 15) is 19.2 Å². The molecule has 1 saturated heterocycles. The maximum Gasteiger partial charge on any atom is 0.264 e. The lowest BCUT2D eigenvalue weighted by Crippen LogP contribution is -2.45. The normalized spacial score (nSPS) is 16.7. The first-order valence-corrected chi connectivity index (χ1v) is 9.13. The Hall–Kier alpha value is -3.29. The molecule has 8 heteroatoms. The summed E-state index contributed by atoms with van der Waals surface area (Å²) >= 11 is 0. The predicted octanol–water partition coefficient (Wildman–Crippen LogP) is 1.98. The molecule has 1 aliphatic heterocycles. The second-order valence-electron chi connectivity index (χ2n) is 6.83. The van der Waals surface area contributed by atoms with Gasteiger partial charge in [0.15, 0.2) is 0 Å². The smallest absolute Gasteiger partial charge is 0.264 e. The number of fused-ring (bicyclic) bond motifs is 1. The minimum atomic E-state index is -0.814. The molecule has 0 bridgehead atoms. The van der Waals surface area contributed by atoms with Crippen molar-refractivity contribution < 1.29 is 14.4 Å². The second kappa shape index (κ2) is 7.75. The van der Waals surface area contributed by atoms with Gasteiger partial charge in [0.05, 0.1) is 16.6 Å². The quantitative estimate of drug-likeness (QED) is 0.607. The molecule has 28 heavy (non-hydrogen) atoms. The van der Waals surface area contributed by atoms with Gasteiger partial charge in [0.1, 0.15) is 11.9 Å². The van der Waals surface area contributed by atoms with Crippen molar-refractivity contribution in [3.8, 4) is 0 Å². The number of nitrogens with one attached hydrogen (secondary N) is 2. The van der Waals surface area contributed by atoms with E-state index < -0.39 is 17.5 Å². The Balaban J connectivity index is 2.07. The highest BCUT2D eigenvalue weighted by Gasteiger charge is 2.30. The van der Waals surface area contributed by atoms with Gasteiger partial charge in [-0.15, -0.1) is 0 Å². The molecule has 0 saturated carbocycles. The van der Waals surface area contributed by atoms with E-state index in [0.717, 1.165) is 5.57 Å². The van der Waals surface area contributed by atoms with Crippen LogP contribution in [-0.2, 0) is 14.4 Å². The summed E-state index contributed by atoms with van der Waals surface area (Å²) in [5.41, 5.74) is 1.12. The van der Waals surface area contributed by atoms with Gasteiger partial charge in [-0.2, -0.15) is 0 Å². The van der Waals surface area contributed by atoms with Crippen LogP contribution in [0.25, 0.3) is 10.9 Å². The van der Waals surface area contributed by atoms with Crippen molar-refractivity contribution in [3.05, 3.63) is 46.5 Å². The van der Waals surface area contributed by atoms with Crippen molar-refractivity contribution in [2.75, 3.05) is 5.32 Å². The van der Waals surface area contributed by atoms with Gasteiger partial charge in [0.2, 0.25) is 17.7 Å². The monoisotopic (exact) mass is 382 g/mol. The Bertz CT molecular complexity index is 1050. The molecular formula is C20H22N4O4. The number of imide groups is 1. The van der Waals surface area contributed by atoms with Crippen molar-refractivity contribution in [2.24, 2.45) is 0 Å². The number of piperidine rings is 1. The molecule has 0 spiro atoms. The highest BCUT2D eigenvalue weighted by atomic mass is 16.2. The number of nitrogens with zero attached hydrogens (tertiary/aromatic N) is 2. The molecule has 3 rings (SSSR count). The Labute approximate surface area is 161 Å². The lowest BCUT2D eigenvalue weighted by atomic mass is 10.1. The van der Waals surface area contributed by atoms with Crippen LogP contribution in [0.1, 0.15) is 44.5 Å². The van der Waals surface area contributed by atoms with Crippen LogP contribution in [-0.4, -0.2) is 27.3 Å². The summed E-state index contributed by atoms with van der Waals surface area (Å²) in [6.07, 6.45) is 1.22. The van der Waals surface area contributed by atoms with E-state index in [1.165, 1.54) is 4.57 Å². The van der Waals surface area contributed by atoms with E-state index in [-0.39, 0.29) is 36.5 Å². The highest BCUT2D eigenvalue weighted by Crippen LogP contribution is 2.23. The van der Waals surface area contributed by atoms with Gasteiger partial charge >= 0.3 is 0 Å². The summed E-state index contributed by atoms with van der Waals surface area (Å²) in [4.78, 5) is 53.7. The van der Waals surface area contributed by atoms with E-state index in [1.807, 2.05) is 6.92 Å². The van der Waals surface area contributed by atoms with Crippen LogP contribution in [0.5, 0.6) is 0 Å². The third-order valence-corrected chi connectivity index (χ3v) is 4.81. The standard InChI is InChI=1S/C20H22N4O4/c1-4-11(2)10-17(26)22-14-7-5-6-13-18(14)20(28)24(12(3)21-13)15-8-9-16(25)23-19(15)27/h5-7,15H,2,4,8-10H2,1,3H3,(H,22,26)(H,23,25,27). The summed E-state index contributed by atoms with van der Waals surface area (Å²) in [5, 5.41) is 5.24. The number of anilines is 1. The molecule has 1 unspecified atom stereocenters. The second-order valence-corrected chi connectivity index (χ2v) is 6.83. The van der Waals surface area contributed by atoms with Crippen LogP contribution in [0.3, 0.4) is 0 Å². The van der Waals surface area contributed by atoms with Crippen LogP contribution >= 0.6 is 0 Å². The van der Waals surface area contributed by atoms with E-state index in [0.29, 0.717) is 23.4 Å². The molecule has 1 aromatic carbocycles. The van der Waals surface area contributed by atoms with E-state index in [2.05, 4.69) is 22.2 Å². The fraction of sp³-hybridized carbons (Fsp3) is 0.350. The summed E-state index contributed by atoms with van der Waals surface area (Å²) < 4.78 is 1.30. The van der Waals surface area contributed by atoms with Crippen LogP contribution in [0.2, 0.25) is 0 Å². The Morgan fingerprint density at radius 3 is 2.79 bits per heavy atom. The molecule has 1 atom stereocenters. The van der Waals surface area contributed by atoms with Gasteiger partial charge in [-0.1, -0.05) is 25.1 Å². The Kier molecular flexibility index (Phi) is 5.39. The number of hydrogen-bond donors (Lipinski definition) is 2. The van der Waals surface area contributed by atoms with Crippen molar-refractivity contribution in [2.45, 2.75) is 45.6 Å². The highest BCUT2D eigenvalue weighted by molar-refractivity contribution is 6.02. The van der Waals surface area contributed by atoms with Crippen molar-refractivity contribution in [1.29, 1.82) is 0 Å². The van der Waals surface area contributed by atoms with E-state index in [4.69, 9.17) is 0 Å². The van der Waals surface area contributed by atoms with Gasteiger partial charge in [-0.3, -0.25) is 29.1 Å². The van der Waals surface area contributed by atoms with Gasteiger partial charge in [0, 0.05) is 12.8 Å². The molecule has 1 aromatic heterocycles. The molecule has 2 N–H and O–H groups in total. The third kappa shape index (κ3) is 3.71. The first-order chi connectivity index (χ1) is 13.3. The molecule has 8 nitrogen and oxygen atoms in total. The molecule has 0 radical (unpaired) electrons. The van der Waals surface area contributed by atoms with Crippen LogP contribution in [0.4, 0.5) is 5.69 Å². The maximum atomic E-state index is 13.2. The average Bonchev–Trinajstić information content (AvgIpc) is 2.63. The van der Waals surface area contributed by atoms with Crippen LogP contribution in [0, 0.1) is 6.92 Å². The zero-order valence-corrected chi connectivity index (χ0v) is 15.9. The van der Waals surface area contributed by atoms with Gasteiger partial charge in [0.25, 0.3) is 5.56 Å². The molecule has 3 amide bonds. The predicted molar refractivity (Wildman–Crippen MR) is 105 cm³/mol. The topological polar surface area (TPSA) is 110 Å². The molecule has 146 valence electrons. The fourth-order valence-electron chi connectivity index (χ4n) is 3.30. The zero-order valence-electron chi connectivity index (χ0n) is 15.9. The molecular weight excluding hydrogens is 360 g/mol. The molecule has 0 aliphatic carbocycles. The largest absolute Gasteiger partial charge is 0.325 e. The molecule has 2 heterocycles. The van der Waals surface area contributed by atoms with E-state index in [1.54, 1.807) is 25.1 Å². The van der Waals surface area contributed by atoms with Gasteiger partial charge < -0.3 is 5.32 Å².